The van der Waals surface area contributed by atoms with E-state index in [0.29, 0.717) is 24.3 Å². The van der Waals surface area contributed by atoms with Crippen molar-refractivity contribution in [1.82, 2.24) is 4.90 Å². The van der Waals surface area contributed by atoms with E-state index in [1.54, 1.807) is 23.1 Å². The third-order valence-corrected chi connectivity index (χ3v) is 4.75. The minimum Gasteiger partial charge on any atom is -0.457 e. The summed E-state index contributed by atoms with van der Waals surface area (Å²) in [6.45, 7) is 1.15. The van der Waals surface area contributed by atoms with Crippen molar-refractivity contribution in [3.63, 3.8) is 0 Å². The fourth-order valence-corrected chi connectivity index (χ4v) is 3.36. The Hall–Kier alpha value is -3.15. The van der Waals surface area contributed by atoms with Gasteiger partial charge in [0.2, 0.25) is 11.8 Å². The van der Waals surface area contributed by atoms with Crippen molar-refractivity contribution >= 4 is 23.5 Å². The Labute approximate surface area is 150 Å². The lowest BCUT2D eigenvalue weighted by atomic mass is 10.1. The van der Waals surface area contributed by atoms with E-state index in [4.69, 9.17) is 4.74 Å². The number of carbonyl (C=O) groups excluding carboxylic acids is 3. The second kappa shape index (κ2) is 6.63. The van der Waals surface area contributed by atoms with Gasteiger partial charge in [-0.05, 0) is 23.8 Å². The average Bonchev–Trinajstić information content (AvgIpc) is 3.19. The van der Waals surface area contributed by atoms with Crippen LogP contribution in [0.1, 0.15) is 27.9 Å². The molecule has 0 bridgehead atoms. The van der Waals surface area contributed by atoms with Crippen LogP contribution in [0.5, 0.6) is 0 Å². The van der Waals surface area contributed by atoms with E-state index in [0.717, 1.165) is 11.1 Å². The monoisotopic (exact) mass is 350 g/mol. The van der Waals surface area contributed by atoms with Crippen molar-refractivity contribution in [2.45, 2.75) is 19.6 Å². The Morgan fingerprint density at radius 3 is 2.77 bits per heavy atom. The molecule has 6 heteroatoms. The van der Waals surface area contributed by atoms with E-state index in [9.17, 15) is 14.4 Å². The van der Waals surface area contributed by atoms with Gasteiger partial charge in [0.25, 0.3) is 0 Å². The number of carbonyl (C=O) groups is 3. The maximum atomic E-state index is 12.5. The first-order valence-corrected chi connectivity index (χ1v) is 8.53. The molecule has 2 aliphatic rings. The molecular weight excluding hydrogens is 332 g/mol. The molecule has 0 aliphatic carbocycles. The summed E-state index contributed by atoms with van der Waals surface area (Å²) >= 11 is 0. The lowest BCUT2D eigenvalue weighted by molar-refractivity contribution is -0.128. The first-order chi connectivity index (χ1) is 12.6. The zero-order chi connectivity index (χ0) is 18.1. The molecule has 2 aromatic carbocycles. The van der Waals surface area contributed by atoms with Crippen LogP contribution < -0.4 is 5.32 Å². The molecule has 1 atom stereocenters. The van der Waals surface area contributed by atoms with Crippen molar-refractivity contribution in [2.75, 3.05) is 11.9 Å². The number of nitrogens with one attached hydrogen (secondary N) is 1. The first-order valence-electron chi connectivity index (χ1n) is 8.53. The number of benzene rings is 2. The van der Waals surface area contributed by atoms with Gasteiger partial charge in [0.05, 0.1) is 11.5 Å². The second-order valence-corrected chi connectivity index (χ2v) is 6.60. The Bertz CT molecular complexity index is 879. The van der Waals surface area contributed by atoms with Crippen LogP contribution in [0, 0.1) is 5.92 Å². The summed E-state index contributed by atoms with van der Waals surface area (Å²) in [4.78, 5) is 38.0. The van der Waals surface area contributed by atoms with Crippen molar-refractivity contribution in [1.29, 1.82) is 0 Å². The van der Waals surface area contributed by atoms with E-state index < -0.39 is 0 Å². The topological polar surface area (TPSA) is 75.7 Å². The Morgan fingerprint density at radius 2 is 1.96 bits per heavy atom. The summed E-state index contributed by atoms with van der Waals surface area (Å²) in [5.74, 6) is -0.908. The number of likely N-dealkylation sites (tertiary alicyclic amines) is 1. The molecular formula is C20H18N2O4. The number of anilines is 1. The van der Waals surface area contributed by atoms with Gasteiger partial charge in [-0.3, -0.25) is 9.59 Å². The molecule has 132 valence electrons. The Morgan fingerprint density at radius 1 is 1.15 bits per heavy atom. The van der Waals surface area contributed by atoms with Crippen LogP contribution in [-0.4, -0.2) is 29.2 Å². The minimum absolute atomic E-state index is 0.0121. The van der Waals surface area contributed by atoms with E-state index in [1.165, 1.54) is 0 Å². The van der Waals surface area contributed by atoms with E-state index in [2.05, 4.69) is 5.32 Å². The van der Waals surface area contributed by atoms with Gasteiger partial charge in [-0.1, -0.05) is 30.3 Å². The molecule has 1 fully saturated rings. The molecule has 1 saturated heterocycles. The maximum absolute atomic E-state index is 12.5. The minimum atomic E-state index is -0.377. The standard InChI is InChI=1S/C20H18N2O4/c23-18-9-14(11-22(18)10-13-4-2-1-3-5-13)19(24)21-16-6-7-17-15(8-16)12-26-20(17)25/h1-8,14H,9-12H2,(H,21,24). The van der Waals surface area contributed by atoms with Gasteiger partial charge in [-0.2, -0.15) is 0 Å². The van der Waals surface area contributed by atoms with Gasteiger partial charge >= 0.3 is 5.97 Å². The van der Waals surface area contributed by atoms with Gasteiger partial charge in [-0.15, -0.1) is 0 Å². The third-order valence-electron chi connectivity index (χ3n) is 4.75. The molecule has 6 nitrogen and oxygen atoms in total. The Kier molecular flexibility index (Phi) is 4.16. The molecule has 4 rings (SSSR count). The fourth-order valence-electron chi connectivity index (χ4n) is 3.36. The Balaban J connectivity index is 1.40. The lowest BCUT2D eigenvalue weighted by Crippen LogP contribution is -2.28. The van der Waals surface area contributed by atoms with Crippen LogP contribution in [0.15, 0.2) is 48.5 Å². The van der Waals surface area contributed by atoms with Crippen LogP contribution in [0.3, 0.4) is 0 Å². The number of nitrogens with zero attached hydrogens (tertiary/aromatic N) is 1. The van der Waals surface area contributed by atoms with Crippen LogP contribution >= 0.6 is 0 Å². The van der Waals surface area contributed by atoms with Crippen molar-refractivity contribution < 1.29 is 19.1 Å². The largest absolute Gasteiger partial charge is 0.457 e. The molecule has 26 heavy (non-hydrogen) atoms. The number of ether oxygens (including phenoxy) is 1. The highest BCUT2D eigenvalue weighted by Gasteiger charge is 2.34. The number of amides is 2. The highest BCUT2D eigenvalue weighted by Crippen LogP contribution is 2.25. The number of rotatable bonds is 4. The van der Waals surface area contributed by atoms with Gasteiger partial charge in [0.15, 0.2) is 0 Å². The van der Waals surface area contributed by atoms with E-state index >= 15 is 0 Å². The summed E-state index contributed by atoms with van der Waals surface area (Å²) in [5.41, 5.74) is 2.96. The molecule has 0 saturated carbocycles. The molecule has 2 heterocycles. The quantitative estimate of drug-likeness (QED) is 0.859. The highest BCUT2D eigenvalue weighted by molar-refractivity contribution is 5.98. The maximum Gasteiger partial charge on any atom is 0.338 e. The molecule has 0 aromatic heterocycles. The summed E-state index contributed by atoms with van der Waals surface area (Å²) in [5, 5.41) is 2.85. The molecule has 1 unspecified atom stereocenters. The number of hydrogen-bond acceptors (Lipinski definition) is 4. The number of cyclic esters (lactones) is 1. The predicted molar refractivity (Wildman–Crippen MR) is 94.2 cm³/mol. The van der Waals surface area contributed by atoms with Gasteiger partial charge in [0.1, 0.15) is 6.61 Å². The molecule has 0 radical (unpaired) electrons. The van der Waals surface area contributed by atoms with Crippen LogP contribution in [-0.2, 0) is 27.5 Å². The SMILES string of the molecule is O=C1OCc2cc(NC(=O)C3CC(=O)N(Cc4ccccc4)C3)ccc21. The second-order valence-electron chi connectivity index (χ2n) is 6.60. The summed E-state index contributed by atoms with van der Waals surface area (Å²) < 4.78 is 4.96. The third kappa shape index (κ3) is 3.18. The summed E-state index contributed by atoms with van der Waals surface area (Å²) in [6.07, 6.45) is 0.213. The van der Waals surface area contributed by atoms with Crippen LogP contribution in [0.4, 0.5) is 5.69 Å². The number of fused-ring (bicyclic) bond motifs is 1. The zero-order valence-corrected chi connectivity index (χ0v) is 14.1. The van der Waals surface area contributed by atoms with Crippen LogP contribution in [0.2, 0.25) is 0 Å². The molecule has 2 aromatic rings. The fraction of sp³-hybridized carbons (Fsp3) is 0.250. The van der Waals surface area contributed by atoms with Crippen molar-refractivity contribution in [3.05, 3.63) is 65.2 Å². The number of esters is 1. The van der Waals surface area contributed by atoms with E-state index in [-0.39, 0.29) is 36.7 Å². The van der Waals surface area contributed by atoms with Crippen molar-refractivity contribution in [3.8, 4) is 0 Å². The van der Waals surface area contributed by atoms with E-state index in [1.807, 2.05) is 30.3 Å². The summed E-state index contributed by atoms with van der Waals surface area (Å²) in [6, 6.07) is 14.8. The highest BCUT2D eigenvalue weighted by atomic mass is 16.5. The van der Waals surface area contributed by atoms with Crippen LogP contribution in [0.25, 0.3) is 0 Å². The molecule has 2 aliphatic heterocycles. The summed E-state index contributed by atoms with van der Waals surface area (Å²) in [7, 11) is 0. The number of hydrogen-bond donors (Lipinski definition) is 1. The first kappa shape index (κ1) is 16.3. The van der Waals surface area contributed by atoms with Gasteiger partial charge in [-0.25, -0.2) is 4.79 Å². The zero-order valence-electron chi connectivity index (χ0n) is 14.1. The lowest BCUT2D eigenvalue weighted by Gasteiger charge is -2.16. The average molecular weight is 350 g/mol. The normalized spacial score (nSPS) is 18.6. The molecule has 0 spiro atoms. The van der Waals surface area contributed by atoms with Gasteiger partial charge < -0.3 is 15.0 Å². The molecule has 1 N–H and O–H groups in total. The van der Waals surface area contributed by atoms with Crippen molar-refractivity contribution in [2.24, 2.45) is 5.92 Å². The molecule has 2 amide bonds. The van der Waals surface area contributed by atoms with Gasteiger partial charge in [0, 0.05) is 30.8 Å². The smallest absolute Gasteiger partial charge is 0.338 e. The predicted octanol–water partition coefficient (Wildman–Crippen LogP) is 2.34.